The first-order chi connectivity index (χ1) is 11.2. The van der Waals surface area contributed by atoms with Gasteiger partial charge in [0.2, 0.25) is 0 Å². The molecule has 0 amide bonds. The van der Waals surface area contributed by atoms with Crippen LogP contribution >= 0.6 is 0 Å². The lowest BCUT2D eigenvalue weighted by atomic mass is 10.1. The maximum atomic E-state index is 10.5. The number of benzene rings is 1. The number of ether oxygens (including phenoxy) is 2. The highest BCUT2D eigenvalue weighted by Gasteiger charge is 2.31. The SMILES string of the molecule is CCCCCCCCNC1Cc2cc(OC)c(OC)cc2C1O. The third-order valence-electron chi connectivity index (χ3n) is 4.72. The third kappa shape index (κ3) is 4.61. The molecule has 2 rings (SSSR count). The lowest BCUT2D eigenvalue weighted by molar-refractivity contribution is 0.141. The molecule has 0 aliphatic heterocycles. The first-order valence-electron chi connectivity index (χ1n) is 8.87. The van der Waals surface area contributed by atoms with Gasteiger partial charge < -0.3 is 19.9 Å². The Bertz CT molecular complexity index is 490. The van der Waals surface area contributed by atoms with E-state index in [1.807, 2.05) is 12.1 Å². The Morgan fingerprint density at radius 3 is 2.39 bits per heavy atom. The Balaban J connectivity index is 1.82. The zero-order valence-corrected chi connectivity index (χ0v) is 14.7. The van der Waals surface area contributed by atoms with Crippen LogP contribution in [0, 0.1) is 0 Å². The smallest absolute Gasteiger partial charge is 0.161 e. The number of hydrogen-bond acceptors (Lipinski definition) is 4. The predicted molar refractivity (Wildman–Crippen MR) is 93.4 cm³/mol. The van der Waals surface area contributed by atoms with E-state index in [9.17, 15) is 5.11 Å². The highest BCUT2D eigenvalue weighted by Crippen LogP contribution is 2.39. The molecular formula is C19H31NO3. The van der Waals surface area contributed by atoms with Crippen molar-refractivity contribution in [3.05, 3.63) is 23.3 Å². The van der Waals surface area contributed by atoms with Crippen molar-refractivity contribution in [2.24, 2.45) is 0 Å². The number of unbranched alkanes of at least 4 members (excludes halogenated alkanes) is 5. The van der Waals surface area contributed by atoms with Gasteiger partial charge in [0.15, 0.2) is 11.5 Å². The molecule has 4 nitrogen and oxygen atoms in total. The average Bonchev–Trinajstić information content (AvgIpc) is 2.88. The summed E-state index contributed by atoms with van der Waals surface area (Å²) in [4.78, 5) is 0. The molecule has 0 bridgehead atoms. The van der Waals surface area contributed by atoms with E-state index in [0.717, 1.165) is 29.8 Å². The summed E-state index contributed by atoms with van der Waals surface area (Å²) in [5, 5.41) is 14.1. The Morgan fingerprint density at radius 2 is 1.70 bits per heavy atom. The number of nitrogens with one attached hydrogen (secondary N) is 1. The van der Waals surface area contributed by atoms with Crippen molar-refractivity contribution in [2.45, 2.75) is 64.0 Å². The minimum absolute atomic E-state index is 0.0949. The molecule has 0 aromatic heterocycles. The van der Waals surface area contributed by atoms with Gasteiger partial charge in [-0.15, -0.1) is 0 Å². The second kappa shape index (κ2) is 9.14. The molecule has 4 heteroatoms. The van der Waals surface area contributed by atoms with E-state index in [1.165, 1.54) is 38.5 Å². The number of aliphatic hydroxyl groups excluding tert-OH is 1. The second-order valence-electron chi connectivity index (χ2n) is 6.38. The molecule has 0 fully saturated rings. The van der Waals surface area contributed by atoms with Gasteiger partial charge in [0, 0.05) is 6.04 Å². The van der Waals surface area contributed by atoms with Crippen molar-refractivity contribution >= 4 is 0 Å². The van der Waals surface area contributed by atoms with E-state index in [2.05, 4.69) is 12.2 Å². The minimum Gasteiger partial charge on any atom is -0.493 e. The topological polar surface area (TPSA) is 50.7 Å². The molecule has 0 radical (unpaired) electrons. The van der Waals surface area contributed by atoms with Crippen LogP contribution in [0.2, 0.25) is 0 Å². The zero-order valence-electron chi connectivity index (χ0n) is 14.7. The highest BCUT2D eigenvalue weighted by atomic mass is 16.5. The van der Waals surface area contributed by atoms with Gasteiger partial charge >= 0.3 is 0 Å². The summed E-state index contributed by atoms with van der Waals surface area (Å²) < 4.78 is 10.7. The van der Waals surface area contributed by atoms with Gasteiger partial charge in [-0.3, -0.25) is 0 Å². The Hall–Kier alpha value is -1.26. The molecule has 0 heterocycles. The highest BCUT2D eigenvalue weighted by molar-refractivity contribution is 5.50. The van der Waals surface area contributed by atoms with Gasteiger partial charge in [0.25, 0.3) is 0 Å². The molecule has 0 saturated heterocycles. The molecule has 1 aliphatic carbocycles. The van der Waals surface area contributed by atoms with Crippen molar-refractivity contribution in [2.75, 3.05) is 20.8 Å². The van der Waals surface area contributed by atoms with Gasteiger partial charge in [-0.25, -0.2) is 0 Å². The fourth-order valence-corrected chi connectivity index (χ4v) is 3.33. The molecule has 2 N–H and O–H groups in total. The van der Waals surface area contributed by atoms with Crippen LogP contribution in [0.3, 0.4) is 0 Å². The molecule has 0 saturated carbocycles. The average molecular weight is 321 g/mol. The van der Waals surface area contributed by atoms with Crippen LogP contribution in [0.25, 0.3) is 0 Å². The Morgan fingerprint density at radius 1 is 1.04 bits per heavy atom. The summed E-state index contributed by atoms with van der Waals surface area (Å²) in [5.74, 6) is 1.41. The number of methoxy groups -OCH3 is 2. The number of aliphatic hydroxyl groups is 1. The lowest BCUT2D eigenvalue weighted by Gasteiger charge is -2.17. The van der Waals surface area contributed by atoms with Crippen molar-refractivity contribution < 1.29 is 14.6 Å². The first-order valence-corrected chi connectivity index (χ1v) is 8.87. The number of fused-ring (bicyclic) bond motifs is 1. The molecule has 0 spiro atoms. The Labute approximate surface area is 140 Å². The largest absolute Gasteiger partial charge is 0.493 e. The van der Waals surface area contributed by atoms with Crippen molar-refractivity contribution in [1.29, 1.82) is 0 Å². The Kier molecular flexibility index (Phi) is 7.18. The van der Waals surface area contributed by atoms with E-state index >= 15 is 0 Å². The van der Waals surface area contributed by atoms with Crippen LogP contribution in [0.15, 0.2) is 12.1 Å². The van der Waals surface area contributed by atoms with Crippen LogP contribution in [0.5, 0.6) is 11.5 Å². The van der Waals surface area contributed by atoms with E-state index in [1.54, 1.807) is 14.2 Å². The number of hydrogen-bond donors (Lipinski definition) is 2. The van der Waals surface area contributed by atoms with Gasteiger partial charge in [-0.1, -0.05) is 39.0 Å². The van der Waals surface area contributed by atoms with E-state index < -0.39 is 6.10 Å². The normalized spacial score (nSPS) is 19.7. The van der Waals surface area contributed by atoms with Crippen molar-refractivity contribution in [3.63, 3.8) is 0 Å². The standard InChI is InChI=1S/C19H31NO3/c1-4-5-6-7-8-9-10-20-16-11-14-12-17(22-2)18(23-3)13-15(14)19(16)21/h12-13,16,19-21H,4-11H2,1-3H3. The minimum atomic E-state index is -0.468. The molecule has 23 heavy (non-hydrogen) atoms. The van der Waals surface area contributed by atoms with E-state index in [-0.39, 0.29) is 6.04 Å². The van der Waals surface area contributed by atoms with Crippen molar-refractivity contribution in [1.82, 2.24) is 5.32 Å². The van der Waals surface area contributed by atoms with Crippen LogP contribution < -0.4 is 14.8 Å². The lowest BCUT2D eigenvalue weighted by Crippen LogP contribution is -2.33. The third-order valence-corrected chi connectivity index (χ3v) is 4.72. The maximum Gasteiger partial charge on any atom is 0.161 e. The fraction of sp³-hybridized carbons (Fsp3) is 0.684. The molecule has 1 aromatic carbocycles. The van der Waals surface area contributed by atoms with Crippen LogP contribution in [0.4, 0.5) is 0 Å². The van der Waals surface area contributed by atoms with Gasteiger partial charge in [-0.2, -0.15) is 0 Å². The maximum absolute atomic E-state index is 10.5. The quantitative estimate of drug-likeness (QED) is 0.646. The van der Waals surface area contributed by atoms with E-state index in [0.29, 0.717) is 5.75 Å². The molecule has 2 unspecified atom stereocenters. The van der Waals surface area contributed by atoms with Crippen LogP contribution in [-0.2, 0) is 6.42 Å². The predicted octanol–water partition coefficient (Wildman–Crippen LogP) is 3.61. The molecule has 1 aliphatic rings. The van der Waals surface area contributed by atoms with Crippen LogP contribution in [0.1, 0.15) is 62.7 Å². The first kappa shape index (κ1) is 18.1. The summed E-state index contributed by atoms with van der Waals surface area (Å²) in [7, 11) is 3.27. The fourth-order valence-electron chi connectivity index (χ4n) is 3.33. The summed E-state index contributed by atoms with van der Waals surface area (Å²) in [6, 6.07) is 3.99. The van der Waals surface area contributed by atoms with Crippen molar-refractivity contribution in [3.8, 4) is 11.5 Å². The van der Waals surface area contributed by atoms with Crippen LogP contribution in [-0.4, -0.2) is 31.9 Å². The molecular weight excluding hydrogens is 290 g/mol. The summed E-state index contributed by atoms with van der Waals surface area (Å²) >= 11 is 0. The summed E-state index contributed by atoms with van der Waals surface area (Å²) in [5.41, 5.74) is 2.11. The number of rotatable bonds is 10. The molecule has 130 valence electrons. The molecule has 2 atom stereocenters. The summed E-state index contributed by atoms with van der Waals surface area (Å²) in [6.07, 6.45) is 8.11. The second-order valence-corrected chi connectivity index (χ2v) is 6.38. The zero-order chi connectivity index (χ0) is 16.7. The monoisotopic (exact) mass is 321 g/mol. The van der Waals surface area contributed by atoms with Gasteiger partial charge in [-0.05, 0) is 42.6 Å². The van der Waals surface area contributed by atoms with E-state index in [4.69, 9.17) is 9.47 Å². The summed E-state index contributed by atoms with van der Waals surface area (Å²) in [6.45, 7) is 3.21. The van der Waals surface area contributed by atoms with Gasteiger partial charge in [0.05, 0.1) is 20.3 Å². The van der Waals surface area contributed by atoms with Gasteiger partial charge in [0.1, 0.15) is 0 Å². The molecule has 1 aromatic rings.